The fraction of sp³-hybridized carbons (Fsp3) is 0.480. The van der Waals surface area contributed by atoms with Gasteiger partial charge in [0.15, 0.2) is 5.11 Å². The molecule has 34 heavy (non-hydrogen) atoms. The van der Waals surface area contributed by atoms with Gasteiger partial charge in [-0.2, -0.15) is 13.2 Å². The Hall–Kier alpha value is -1.87. The van der Waals surface area contributed by atoms with Crippen molar-refractivity contribution in [3.05, 3.63) is 64.2 Å². The molecule has 0 saturated carbocycles. The predicted octanol–water partition coefficient (Wildman–Crippen LogP) is 6.40. The second-order valence-electron chi connectivity index (χ2n) is 8.74. The Kier molecular flexibility index (Phi) is 9.59. The number of alkyl halides is 3. The third-order valence-electron chi connectivity index (χ3n) is 5.84. The van der Waals surface area contributed by atoms with E-state index in [2.05, 4.69) is 36.2 Å². The lowest BCUT2D eigenvalue weighted by Crippen LogP contribution is -2.40. The van der Waals surface area contributed by atoms with E-state index in [9.17, 15) is 13.2 Å². The van der Waals surface area contributed by atoms with Crippen LogP contribution in [0.25, 0.3) is 0 Å². The van der Waals surface area contributed by atoms with E-state index in [0.717, 1.165) is 50.9 Å². The Labute approximate surface area is 210 Å². The second-order valence-corrected chi connectivity index (χ2v) is 9.57. The number of anilines is 1. The molecule has 0 amide bonds. The van der Waals surface area contributed by atoms with Gasteiger partial charge in [0.2, 0.25) is 0 Å². The number of nitrogens with one attached hydrogen (secondary N) is 1. The van der Waals surface area contributed by atoms with Gasteiger partial charge in [-0.3, -0.25) is 4.90 Å². The van der Waals surface area contributed by atoms with Gasteiger partial charge in [0.25, 0.3) is 0 Å². The molecule has 1 aliphatic rings. The molecule has 2 aromatic carbocycles. The van der Waals surface area contributed by atoms with Crippen LogP contribution in [-0.2, 0) is 17.5 Å². The molecule has 1 aliphatic heterocycles. The molecular weight excluding hydrogens is 483 g/mol. The van der Waals surface area contributed by atoms with Crippen LogP contribution >= 0.6 is 23.8 Å². The Morgan fingerprint density at radius 1 is 1.15 bits per heavy atom. The fourth-order valence-corrected chi connectivity index (χ4v) is 4.29. The lowest BCUT2D eigenvalue weighted by Gasteiger charge is -2.30. The third kappa shape index (κ3) is 7.83. The molecule has 1 N–H and O–H groups in total. The minimum Gasteiger partial charge on any atom is -0.379 e. The van der Waals surface area contributed by atoms with Crippen LogP contribution in [0.4, 0.5) is 18.9 Å². The first-order valence-electron chi connectivity index (χ1n) is 11.4. The number of morpholine rings is 1. The SMILES string of the molecule is CC(C)c1ccc(CN(CCCN2CCOCC2)C(=S)Nc2cc(Cl)ccc2C(F)(F)F)cc1. The number of nitrogens with zero attached hydrogens (tertiary/aromatic N) is 2. The summed E-state index contributed by atoms with van der Waals surface area (Å²) in [6.45, 7) is 9.46. The molecule has 186 valence electrons. The molecule has 0 aromatic heterocycles. The highest BCUT2D eigenvalue weighted by Gasteiger charge is 2.34. The minimum absolute atomic E-state index is 0.140. The zero-order valence-electron chi connectivity index (χ0n) is 19.5. The molecule has 0 bridgehead atoms. The van der Waals surface area contributed by atoms with Crippen LogP contribution in [-0.4, -0.2) is 54.3 Å². The highest BCUT2D eigenvalue weighted by Crippen LogP contribution is 2.36. The summed E-state index contributed by atoms with van der Waals surface area (Å²) >= 11 is 11.6. The number of thiocarbonyl (C=S) groups is 1. The molecule has 0 unspecified atom stereocenters. The quantitative estimate of drug-likeness (QED) is 0.412. The van der Waals surface area contributed by atoms with Gasteiger partial charge in [0, 0.05) is 37.7 Å². The highest BCUT2D eigenvalue weighted by molar-refractivity contribution is 7.80. The fourth-order valence-electron chi connectivity index (χ4n) is 3.85. The topological polar surface area (TPSA) is 27.7 Å². The van der Waals surface area contributed by atoms with Crippen LogP contribution in [0.3, 0.4) is 0 Å². The van der Waals surface area contributed by atoms with E-state index in [0.29, 0.717) is 19.0 Å². The van der Waals surface area contributed by atoms with Crippen LogP contribution in [0, 0.1) is 0 Å². The molecule has 1 heterocycles. The summed E-state index contributed by atoms with van der Waals surface area (Å²) in [6.07, 6.45) is -3.69. The predicted molar refractivity (Wildman–Crippen MR) is 135 cm³/mol. The summed E-state index contributed by atoms with van der Waals surface area (Å²) in [5, 5.41) is 3.26. The average molecular weight is 514 g/mol. The van der Waals surface area contributed by atoms with E-state index in [4.69, 9.17) is 28.6 Å². The van der Waals surface area contributed by atoms with Crippen molar-refractivity contribution in [2.45, 2.75) is 38.9 Å². The number of hydrogen-bond donors (Lipinski definition) is 1. The lowest BCUT2D eigenvalue weighted by atomic mass is 10.0. The first kappa shape index (κ1) is 26.7. The maximum atomic E-state index is 13.5. The molecule has 0 radical (unpaired) electrons. The second kappa shape index (κ2) is 12.2. The molecule has 0 atom stereocenters. The van der Waals surface area contributed by atoms with E-state index in [-0.39, 0.29) is 15.8 Å². The molecule has 3 rings (SSSR count). The van der Waals surface area contributed by atoms with E-state index in [1.54, 1.807) is 0 Å². The Balaban J connectivity index is 1.75. The van der Waals surface area contributed by atoms with Gasteiger partial charge in [0.1, 0.15) is 0 Å². The standard InChI is InChI=1S/C25H31ClF3N3OS/c1-18(2)20-6-4-19(5-7-20)17-32(11-3-10-31-12-14-33-15-13-31)24(34)30-23-16-21(26)8-9-22(23)25(27,28)29/h4-9,16,18H,3,10-15,17H2,1-2H3,(H,30,34). The van der Waals surface area contributed by atoms with E-state index in [1.807, 2.05) is 17.0 Å². The molecule has 9 heteroatoms. The maximum Gasteiger partial charge on any atom is 0.418 e. The zero-order valence-corrected chi connectivity index (χ0v) is 21.1. The van der Waals surface area contributed by atoms with Crippen LogP contribution in [0.15, 0.2) is 42.5 Å². The smallest absolute Gasteiger partial charge is 0.379 e. The van der Waals surface area contributed by atoms with Crippen molar-refractivity contribution in [1.82, 2.24) is 9.80 Å². The maximum absolute atomic E-state index is 13.5. The van der Waals surface area contributed by atoms with Gasteiger partial charge >= 0.3 is 6.18 Å². The van der Waals surface area contributed by atoms with Crippen molar-refractivity contribution >= 4 is 34.6 Å². The van der Waals surface area contributed by atoms with Crippen molar-refractivity contribution in [1.29, 1.82) is 0 Å². The summed E-state index contributed by atoms with van der Waals surface area (Å²) in [5.41, 5.74) is 1.34. The Morgan fingerprint density at radius 3 is 2.44 bits per heavy atom. The van der Waals surface area contributed by atoms with Gasteiger partial charge in [-0.25, -0.2) is 0 Å². The summed E-state index contributed by atoms with van der Waals surface area (Å²) in [6, 6.07) is 11.7. The number of hydrogen-bond acceptors (Lipinski definition) is 3. The minimum atomic E-state index is -4.52. The van der Waals surface area contributed by atoms with Crippen molar-refractivity contribution in [2.24, 2.45) is 0 Å². The Morgan fingerprint density at radius 2 is 1.82 bits per heavy atom. The molecular formula is C25H31ClF3N3OS. The number of rotatable bonds is 8. The monoisotopic (exact) mass is 513 g/mol. The van der Waals surface area contributed by atoms with Gasteiger partial charge in [-0.05, 0) is 53.9 Å². The van der Waals surface area contributed by atoms with E-state index in [1.165, 1.54) is 17.7 Å². The number of benzene rings is 2. The molecule has 0 aliphatic carbocycles. The van der Waals surface area contributed by atoms with Crippen LogP contribution in [0.1, 0.15) is 42.9 Å². The first-order valence-corrected chi connectivity index (χ1v) is 12.2. The largest absolute Gasteiger partial charge is 0.418 e. The first-order chi connectivity index (χ1) is 16.1. The number of halogens is 4. The van der Waals surface area contributed by atoms with Gasteiger partial charge in [0.05, 0.1) is 24.5 Å². The van der Waals surface area contributed by atoms with Crippen LogP contribution in [0.2, 0.25) is 5.02 Å². The van der Waals surface area contributed by atoms with Crippen molar-refractivity contribution in [3.8, 4) is 0 Å². The molecule has 1 saturated heterocycles. The normalized spacial score (nSPS) is 14.9. The lowest BCUT2D eigenvalue weighted by molar-refractivity contribution is -0.136. The van der Waals surface area contributed by atoms with E-state index < -0.39 is 11.7 Å². The Bertz CT molecular complexity index is 947. The van der Waals surface area contributed by atoms with Crippen molar-refractivity contribution < 1.29 is 17.9 Å². The third-order valence-corrected chi connectivity index (χ3v) is 6.44. The van der Waals surface area contributed by atoms with Crippen LogP contribution < -0.4 is 5.32 Å². The molecule has 2 aromatic rings. The van der Waals surface area contributed by atoms with Gasteiger partial charge < -0.3 is 15.0 Å². The zero-order chi connectivity index (χ0) is 24.7. The van der Waals surface area contributed by atoms with Crippen LogP contribution in [0.5, 0.6) is 0 Å². The molecule has 0 spiro atoms. The summed E-state index contributed by atoms with van der Waals surface area (Å²) in [7, 11) is 0. The van der Waals surface area contributed by atoms with Crippen molar-refractivity contribution in [3.63, 3.8) is 0 Å². The van der Waals surface area contributed by atoms with Gasteiger partial charge in [-0.15, -0.1) is 0 Å². The summed E-state index contributed by atoms with van der Waals surface area (Å²) in [4.78, 5) is 4.25. The summed E-state index contributed by atoms with van der Waals surface area (Å²) in [5.74, 6) is 0.421. The highest BCUT2D eigenvalue weighted by atomic mass is 35.5. The summed E-state index contributed by atoms with van der Waals surface area (Å²) < 4.78 is 46.0. The number of ether oxygens (including phenoxy) is 1. The van der Waals surface area contributed by atoms with Gasteiger partial charge in [-0.1, -0.05) is 49.7 Å². The molecule has 4 nitrogen and oxygen atoms in total. The van der Waals surface area contributed by atoms with Crippen molar-refractivity contribution in [2.75, 3.05) is 44.7 Å². The van der Waals surface area contributed by atoms with E-state index >= 15 is 0 Å². The average Bonchev–Trinajstić information content (AvgIpc) is 2.78. The molecule has 1 fully saturated rings.